The Labute approximate surface area is 129 Å². The lowest BCUT2D eigenvalue weighted by Gasteiger charge is -2.14. The number of carbonyl (C=O) groups is 1. The third-order valence-electron chi connectivity index (χ3n) is 3.27. The summed E-state index contributed by atoms with van der Waals surface area (Å²) in [4.78, 5) is 15.6. The number of ether oxygens (including phenoxy) is 1. The molecule has 2 rings (SSSR count). The summed E-state index contributed by atoms with van der Waals surface area (Å²) in [7, 11) is 0. The van der Waals surface area contributed by atoms with Gasteiger partial charge in [0.05, 0.1) is 0 Å². The van der Waals surface area contributed by atoms with E-state index in [0.29, 0.717) is 23.1 Å². The van der Waals surface area contributed by atoms with E-state index in [1.807, 2.05) is 19.1 Å². The molecule has 21 heavy (non-hydrogen) atoms. The SMILES string of the molecule is CC(=O)c1ccnc(Oc2cc(C(C)C)c(Cl)cc2C)c1. The van der Waals surface area contributed by atoms with Gasteiger partial charge in [0.15, 0.2) is 5.78 Å². The van der Waals surface area contributed by atoms with Crippen LogP contribution >= 0.6 is 11.6 Å². The lowest BCUT2D eigenvalue weighted by molar-refractivity contribution is 0.101. The van der Waals surface area contributed by atoms with Crippen LogP contribution in [0.15, 0.2) is 30.5 Å². The zero-order chi connectivity index (χ0) is 15.6. The standard InChI is InChI=1S/C17H18ClNO2/c1-10(2)14-9-16(11(3)7-15(14)18)21-17-8-13(12(4)20)5-6-19-17/h5-10H,1-4H3. The van der Waals surface area contributed by atoms with Crippen molar-refractivity contribution < 1.29 is 9.53 Å². The molecule has 110 valence electrons. The molecule has 2 aromatic rings. The Morgan fingerprint density at radius 2 is 2.00 bits per heavy atom. The topological polar surface area (TPSA) is 39.2 Å². The van der Waals surface area contributed by atoms with Crippen molar-refractivity contribution in [1.82, 2.24) is 4.98 Å². The number of hydrogen-bond acceptors (Lipinski definition) is 3. The van der Waals surface area contributed by atoms with Gasteiger partial charge in [0.1, 0.15) is 5.75 Å². The molecule has 0 aliphatic carbocycles. The second-order valence-corrected chi connectivity index (χ2v) is 5.74. The molecule has 0 unspecified atom stereocenters. The average Bonchev–Trinajstić information content (AvgIpc) is 2.41. The summed E-state index contributed by atoms with van der Waals surface area (Å²) in [6, 6.07) is 7.14. The smallest absolute Gasteiger partial charge is 0.219 e. The van der Waals surface area contributed by atoms with Gasteiger partial charge >= 0.3 is 0 Å². The van der Waals surface area contributed by atoms with Gasteiger partial charge in [-0.05, 0) is 49.1 Å². The molecular formula is C17H18ClNO2. The summed E-state index contributed by atoms with van der Waals surface area (Å²) in [5.74, 6) is 1.40. The molecule has 1 aromatic heterocycles. The van der Waals surface area contributed by atoms with E-state index in [0.717, 1.165) is 16.1 Å². The summed E-state index contributed by atoms with van der Waals surface area (Å²) in [6.07, 6.45) is 1.57. The van der Waals surface area contributed by atoms with Crippen molar-refractivity contribution in [2.75, 3.05) is 0 Å². The molecular weight excluding hydrogens is 286 g/mol. The molecule has 0 spiro atoms. The molecule has 0 N–H and O–H groups in total. The molecule has 0 aliphatic heterocycles. The van der Waals surface area contributed by atoms with E-state index < -0.39 is 0 Å². The van der Waals surface area contributed by atoms with Crippen molar-refractivity contribution in [3.05, 3.63) is 52.2 Å². The van der Waals surface area contributed by atoms with Gasteiger partial charge in [-0.25, -0.2) is 4.98 Å². The number of benzene rings is 1. The summed E-state index contributed by atoms with van der Waals surface area (Å²) >= 11 is 6.25. The molecule has 1 heterocycles. The van der Waals surface area contributed by atoms with Crippen molar-refractivity contribution in [2.24, 2.45) is 0 Å². The van der Waals surface area contributed by atoms with E-state index in [4.69, 9.17) is 16.3 Å². The van der Waals surface area contributed by atoms with Crippen LogP contribution in [0.25, 0.3) is 0 Å². The maximum Gasteiger partial charge on any atom is 0.219 e. The van der Waals surface area contributed by atoms with Crippen LogP contribution in [0.4, 0.5) is 0 Å². The minimum absolute atomic E-state index is 0.0158. The molecule has 0 saturated carbocycles. The molecule has 0 amide bonds. The molecule has 3 nitrogen and oxygen atoms in total. The van der Waals surface area contributed by atoms with Crippen LogP contribution in [0, 0.1) is 6.92 Å². The highest BCUT2D eigenvalue weighted by Crippen LogP contribution is 2.33. The molecule has 1 aromatic carbocycles. The van der Waals surface area contributed by atoms with Crippen molar-refractivity contribution in [1.29, 1.82) is 0 Å². The maximum atomic E-state index is 11.4. The monoisotopic (exact) mass is 303 g/mol. The minimum atomic E-state index is -0.0158. The molecule has 0 radical (unpaired) electrons. The Bertz CT molecular complexity index is 680. The molecule has 0 saturated heterocycles. The number of ketones is 1. The minimum Gasteiger partial charge on any atom is -0.439 e. The van der Waals surface area contributed by atoms with E-state index >= 15 is 0 Å². The first-order chi connectivity index (χ1) is 9.88. The van der Waals surface area contributed by atoms with Crippen molar-refractivity contribution in [3.8, 4) is 11.6 Å². The van der Waals surface area contributed by atoms with E-state index in [2.05, 4.69) is 18.8 Å². The zero-order valence-corrected chi connectivity index (χ0v) is 13.4. The summed E-state index contributed by atoms with van der Waals surface area (Å²) < 4.78 is 5.82. The summed E-state index contributed by atoms with van der Waals surface area (Å²) in [5, 5.41) is 0.736. The number of nitrogens with zero attached hydrogens (tertiary/aromatic N) is 1. The Morgan fingerprint density at radius 1 is 1.29 bits per heavy atom. The van der Waals surface area contributed by atoms with Gasteiger partial charge in [-0.2, -0.15) is 0 Å². The summed E-state index contributed by atoms with van der Waals surface area (Å²) in [5.41, 5.74) is 2.54. The number of hydrogen-bond donors (Lipinski definition) is 0. The van der Waals surface area contributed by atoms with Gasteiger partial charge in [0, 0.05) is 22.8 Å². The number of pyridine rings is 1. The number of aromatic nitrogens is 1. The van der Waals surface area contributed by atoms with Crippen LogP contribution < -0.4 is 4.74 Å². The number of rotatable bonds is 4. The first-order valence-corrected chi connectivity index (χ1v) is 7.21. The van der Waals surface area contributed by atoms with Crippen LogP contribution in [0.3, 0.4) is 0 Å². The van der Waals surface area contributed by atoms with Gasteiger partial charge in [0.25, 0.3) is 0 Å². The van der Waals surface area contributed by atoms with Gasteiger partial charge in [-0.3, -0.25) is 4.79 Å². The van der Waals surface area contributed by atoms with E-state index in [1.54, 1.807) is 18.3 Å². The predicted octanol–water partition coefficient (Wildman–Crippen LogP) is 5.16. The molecule has 0 bridgehead atoms. The van der Waals surface area contributed by atoms with Gasteiger partial charge < -0.3 is 4.74 Å². The van der Waals surface area contributed by atoms with Gasteiger partial charge in [-0.15, -0.1) is 0 Å². The van der Waals surface area contributed by atoms with Crippen molar-refractivity contribution >= 4 is 17.4 Å². The van der Waals surface area contributed by atoms with Crippen LogP contribution in [-0.4, -0.2) is 10.8 Å². The lowest BCUT2D eigenvalue weighted by atomic mass is 10.0. The first kappa shape index (κ1) is 15.5. The number of Topliss-reactive ketones (excluding diaryl/α,β-unsaturated/α-hetero) is 1. The molecule has 0 aliphatic rings. The second kappa shape index (κ2) is 6.27. The predicted molar refractivity (Wildman–Crippen MR) is 84.6 cm³/mol. The molecule has 0 fully saturated rings. The largest absolute Gasteiger partial charge is 0.439 e. The quantitative estimate of drug-likeness (QED) is 0.732. The van der Waals surface area contributed by atoms with Gasteiger partial charge in [0.2, 0.25) is 5.88 Å². The van der Waals surface area contributed by atoms with Gasteiger partial charge in [-0.1, -0.05) is 25.4 Å². The Hall–Kier alpha value is -1.87. The van der Waals surface area contributed by atoms with E-state index in [-0.39, 0.29) is 5.78 Å². The number of halogens is 1. The Balaban J connectivity index is 2.37. The van der Waals surface area contributed by atoms with Crippen LogP contribution in [-0.2, 0) is 0 Å². The Kier molecular flexibility index (Phi) is 4.63. The number of carbonyl (C=O) groups excluding carboxylic acids is 1. The Morgan fingerprint density at radius 3 is 2.62 bits per heavy atom. The fourth-order valence-electron chi connectivity index (χ4n) is 2.02. The second-order valence-electron chi connectivity index (χ2n) is 5.33. The fourth-order valence-corrected chi connectivity index (χ4v) is 2.45. The highest BCUT2D eigenvalue weighted by molar-refractivity contribution is 6.31. The highest BCUT2D eigenvalue weighted by atomic mass is 35.5. The molecule has 4 heteroatoms. The lowest BCUT2D eigenvalue weighted by Crippen LogP contribution is -1.97. The maximum absolute atomic E-state index is 11.4. The third-order valence-corrected chi connectivity index (χ3v) is 3.60. The van der Waals surface area contributed by atoms with Crippen molar-refractivity contribution in [2.45, 2.75) is 33.6 Å². The first-order valence-electron chi connectivity index (χ1n) is 6.83. The average molecular weight is 304 g/mol. The van der Waals surface area contributed by atoms with Crippen LogP contribution in [0.5, 0.6) is 11.6 Å². The highest BCUT2D eigenvalue weighted by Gasteiger charge is 2.12. The number of aryl methyl sites for hydroxylation is 1. The summed E-state index contributed by atoms with van der Waals surface area (Å²) in [6.45, 7) is 7.60. The van der Waals surface area contributed by atoms with E-state index in [1.165, 1.54) is 6.92 Å². The van der Waals surface area contributed by atoms with Crippen LogP contribution in [0.1, 0.15) is 48.2 Å². The van der Waals surface area contributed by atoms with E-state index in [9.17, 15) is 4.79 Å². The van der Waals surface area contributed by atoms with Crippen LogP contribution in [0.2, 0.25) is 5.02 Å². The third kappa shape index (κ3) is 3.61. The van der Waals surface area contributed by atoms with Crippen molar-refractivity contribution in [3.63, 3.8) is 0 Å². The fraction of sp³-hybridized carbons (Fsp3) is 0.294. The zero-order valence-electron chi connectivity index (χ0n) is 12.6. The molecule has 0 atom stereocenters. The normalized spacial score (nSPS) is 10.8.